The quantitative estimate of drug-likeness (QED) is 0.239. The zero-order chi connectivity index (χ0) is 19.3. The van der Waals surface area contributed by atoms with Crippen LogP contribution in [0.25, 0.3) is 0 Å². The zero-order valence-electron chi connectivity index (χ0n) is 15.0. The van der Waals surface area contributed by atoms with Crippen molar-refractivity contribution < 1.29 is 33.8 Å². The Morgan fingerprint density at radius 1 is 1.04 bits per heavy atom. The highest BCUT2D eigenvalue weighted by Gasteiger charge is 2.21. The van der Waals surface area contributed by atoms with Crippen LogP contribution in [-0.2, 0) is 19.1 Å². The van der Waals surface area contributed by atoms with Gasteiger partial charge < -0.3 is 24.2 Å². The van der Waals surface area contributed by atoms with Gasteiger partial charge in [0.2, 0.25) is 0 Å². The molecule has 1 N–H and O–H groups in total. The van der Waals surface area contributed by atoms with Gasteiger partial charge in [-0.25, -0.2) is 4.79 Å². The lowest BCUT2D eigenvalue weighted by Gasteiger charge is -2.29. The maximum atomic E-state index is 11.8. The number of esters is 1. The Balaban J connectivity index is 4.18. The van der Waals surface area contributed by atoms with E-state index in [4.69, 9.17) is 9.84 Å². The van der Waals surface area contributed by atoms with Gasteiger partial charge in [-0.3, -0.25) is 4.79 Å². The van der Waals surface area contributed by atoms with Crippen LogP contribution >= 0.6 is 0 Å². The van der Waals surface area contributed by atoms with Crippen LogP contribution in [0.3, 0.4) is 0 Å². The molecule has 0 bridgehead atoms. The van der Waals surface area contributed by atoms with E-state index in [1.54, 1.807) is 12.2 Å². The first-order chi connectivity index (χ1) is 11.6. The Morgan fingerprint density at radius 3 is 2.12 bits per heavy atom. The maximum Gasteiger partial charge on any atom is 0.327 e. The van der Waals surface area contributed by atoms with Crippen LogP contribution in [0.4, 0.5) is 0 Å². The number of quaternary nitrogens is 1. The largest absolute Gasteiger partial charge is 0.550 e. The van der Waals surface area contributed by atoms with Crippen molar-refractivity contribution in [2.75, 3.05) is 27.7 Å². The number of ether oxygens (including phenoxy) is 1. The lowest BCUT2D eigenvalue weighted by atomic mass is 10.2. The summed E-state index contributed by atoms with van der Waals surface area (Å²) in [6.07, 6.45) is 9.88. The average molecular weight is 353 g/mol. The van der Waals surface area contributed by atoms with Gasteiger partial charge in [0.25, 0.3) is 0 Å². The van der Waals surface area contributed by atoms with E-state index in [1.807, 2.05) is 33.3 Å². The second kappa shape index (κ2) is 12.0. The number of carbonyl (C=O) groups is 3. The summed E-state index contributed by atoms with van der Waals surface area (Å²) in [5.74, 6) is -2.71. The summed E-state index contributed by atoms with van der Waals surface area (Å²) < 4.78 is 5.68. The number of carbonyl (C=O) groups excluding carboxylic acids is 2. The number of carboxylic acid groups (broad SMARTS) is 2. The first-order valence-corrected chi connectivity index (χ1v) is 7.99. The van der Waals surface area contributed by atoms with Gasteiger partial charge in [-0.1, -0.05) is 30.4 Å². The molecule has 0 aliphatic heterocycles. The van der Waals surface area contributed by atoms with Crippen LogP contribution in [0.2, 0.25) is 0 Å². The molecule has 0 aliphatic rings. The fraction of sp³-hybridized carbons (Fsp3) is 0.500. The zero-order valence-corrected chi connectivity index (χ0v) is 15.0. The Bertz CT molecular complexity index is 528. The number of hydrogen-bond donors (Lipinski definition) is 1. The van der Waals surface area contributed by atoms with Crippen molar-refractivity contribution in [1.82, 2.24) is 0 Å². The third-order valence-electron chi connectivity index (χ3n) is 2.87. The van der Waals surface area contributed by atoms with Gasteiger partial charge in [-0.15, -0.1) is 0 Å². The molecule has 7 heteroatoms. The lowest BCUT2D eigenvalue weighted by Crippen LogP contribution is -2.45. The van der Waals surface area contributed by atoms with Gasteiger partial charge in [-0.2, -0.15) is 0 Å². The fourth-order valence-corrected chi connectivity index (χ4v) is 1.97. The van der Waals surface area contributed by atoms with Gasteiger partial charge >= 0.3 is 11.9 Å². The highest BCUT2D eigenvalue weighted by molar-refractivity contribution is 5.79. The van der Waals surface area contributed by atoms with E-state index in [1.165, 1.54) is 6.08 Å². The molecule has 1 atom stereocenters. The summed E-state index contributed by atoms with van der Waals surface area (Å²) in [5, 5.41) is 19.2. The van der Waals surface area contributed by atoms with E-state index < -0.39 is 24.0 Å². The number of hydrogen-bond acceptors (Lipinski definition) is 5. The molecule has 0 heterocycles. The van der Waals surface area contributed by atoms with Crippen LogP contribution < -0.4 is 5.11 Å². The highest BCUT2D eigenvalue weighted by atomic mass is 16.5. The number of aliphatic carboxylic acids is 2. The summed E-state index contributed by atoms with van der Waals surface area (Å²) in [4.78, 5) is 32.8. The molecule has 1 unspecified atom stereocenters. The molecule has 0 fully saturated rings. The minimum atomic E-state index is -1.25. The molecular weight excluding hydrogens is 326 g/mol. The van der Waals surface area contributed by atoms with E-state index in [0.29, 0.717) is 23.9 Å². The highest BCUT2D eigenvalue weighted by Crippen LogP contribution is 2.06. The van der Waals surface area contributed by atoms with Gasteiger partial charge in [-0.05, 0) is 12.8 Å². The molecule has 0 amide bonds. The van der Waals surface area contributed by atoms with Crippen molar-refractivity contribution in [2.24, 2.45) is 0 Å². The lowest BCUT2D eigenvalue weighted by molar-refractivity contribution is -0.873. The second-order valence-electron chi connectivity index (χ2n) is 6.52. The minimum Gasteiger partial charge on any atom is -0.550 e. The average Bonchev–Trinajstić information content (AvgIpc) is 2.42. The number of carboxylic acids is 2. The first-order valence-electron chi connectivity index (χ1n) is 7.99. The molecule has 0 aromatic rings. The van der Waals surface area contributed by atoms with Gasteiger partial charge in [0.05, 0.1) is 27.6 Å². The molecule has 0 saturated carbocycles. The third kappa shape index (κ3) is 16.2. The molecule has 0 spiro atoms. The molecule has 0 rings (SSSR count). The summed E-state index contributed by atoms with van der Waals surface area (Å²) in [6.45, 7) is 0.385. The van der Waals surface area contributed by atoms with Crippen molar-refractivity contribution >= 4 is 17.9 Å². The first kappa shape index (κ1) is 22.6. The Kier molecular flexibility index (Phi) is 10.9. The van der Waals surface area contributed by atoms with Crippen LogP contribution in [0, 0.1) is 0 Å². The number of likely N-dealkylation sites (N-methyl/N-ethyl adjacent to an activating group) is 1. The Labute approximate surface area is 148 Å². The van der Waals surface area contributed by atoms with Crippen molar-refractivity contribution in [3.8, 4) is 0 Å². The molecular formula is C18H27NO6. The Hall–Kier alpha value is -2.41. The topological polar surface area (TPSA) is 104 Å². The summed E-state index contributed by atoms with van der Waals surface area (Å²) in [6, 6.07) is 0. The summed E-state index contributed by atoms with van der Waals surface area (Å²) in [5.41, 5.74) is 0. The van der Waals surface area contributed by atoms with E-state index in [-0.39, 0.29) is 12.8 Å². The number of nitrogens with zero attached hydrogens (tertiary/aromatic N) is 1. The normalized spacial score (nSPS) is 13.6. The predicted octanol–water partition coefficient (Wildman–Crippen LogP) is 0.668. The molecule has 0 aromatic carbocycles. The monoisotopic (exact) mass is 353 g/mol. The van der Waals surface area contributed by atoms with Crippen LogP contribution in [0.15, 0.2) is 36.5 Å². The molecule has 25 heavy (non-hydrogen) atoms. The standard InChI is InChI=1S/C18H27NO6/c1-19(2,3)14-15(13-17(22)23)25-18(24)12-10-8-6-4-5-7-9-11-16(20)21/h4-5,8-11,15H,6-7,12-14H2,1-3H3,(H-,20,21,22,23)/b5-4+,10-8+,11-9+. The van der Waals surface area contributed by atoms with Crippen molar-refractivity contribution in [2.45, 2.75) is 31.8 Å². The van der Waals surface area contributed by atoms with Crippen molar-refractivity contribution in [3.05, 3.63) is 36.5 Å². The maximum absolute atomic E-state index is 11.8. The molecule has 0 saturated heterocycles. The fourth-order valence-electron chi connectivity index (χ4n) is 1.97. The smallest absolute Gasteiger partial charge is 0.327 e. The van der Waals surface area contributed by atoms with Crippen LogP contribution in [-0.4, -0.2) is 61.3 Å². The summed E-state index contributed by atoms with van der Waals surface area (Å²) >= 11 is 0. The van der Waals surface area contributed by atoms with Crippen molar-refractivity contribution in [3.63, 3.8) is 0 Å². The van der Waals surface area contributed by atoms with Crippen LogP contribution in [0.5, 0.6) is 0 Å². The van der Waals surface area contributed by atoms with E-state index in [9.17, 15) is 19.5 Å². The van der Waals surface area contributed by atoms with E-state index >= 15 is 0 Å². The van der Waals surface area contributed by atoms with Gasteiger partial charge in [0.1, 0.15) is 6.54 Å². The summed E-state index contributed by atoms with van der Waals surface area (Å²) in [7, 11) is 5.65. The molecule has 7 nitrogen and oxygen atoms in total. The molecule has 0 radical (unpaired) electrons. The number of allylic oxidation sites excluding steroid dienone is 4. The SMILES string of the molecule is C[N+](C)(C)CC(CC(=O)[O-])OC(=O)C/C=C/C/C=C/C/C=C/C(=O)O. The third-order valence-corrected chi connectivity index (χ3v) is 2.87. The van der Waals surface area contributed by atoms with Gasteiger partial charge in [0.15, 0.2) is 6.10 Å². The second-order valence-corrected chi connectivity index (χ2v) is 6.52. The van der Waals surface area contributed by atoms with Crippen molar-refractivity contribution in [1.29, 1.82) is 0 Å². The molecule has 0 aromatic heterocycles. The predicted molar refractivity (Wildman–Crippen MR) is 91.3 cm³/mol. The minimum absolute atomic E-state index is 0.0629. The van der Waals surface area contributed by atoms with E-state index in [2.05, 4.69) is 0 Å². The van der Waals surface area contributed by atoms with E-state index in [0.717, 1.165) is 6.08 Å². The Morgan fingerprint density at radius 2 is 1.60 bits per heavy atom. The van der Waals surface area contributed by atoms with Gasteiger partial charge in [0, 0.05) is 18.5 Å². The van der Waals surface area contributed by atoms with Crippen LogP contribution in [0.1, 0.15) is 25.7 Å². The number of rotatable bonds is 12. The molecule has 0 aliphatic carbocycles. The molecule has 140 valence electrons.